The molecule has 1 N–H and O–H groups in total. The van der Waals surface area contributed by atoms with Gasteiger partial charge in [-0.3, -0.25) is 4.79 Å². The summed E-state index contributed by atoms with van der Waals surface area (Å²) in [5.74, 6) is 0.0162. The van der Waals surface area contributed by atoms with Crippen molar-refractivity contribution in [3.63, 3.8) is 0 Å². The summed E-state index contributed by atoms with van der Waals surface area (Å²) in [5.41, 5.74) is 3.90. The van der Waals surface area contributed by atoms with Gasteiger partial charge in [0.1, 0.15) is 5.65 Å². The minimum Gasteiger partial charge on any atom is -0.353 e. The zero-order chi connectivity index (χ0) is 16.9. The number of nitrogens with zero attached hydrogens (tertiary/aromatic N) is 2. The smallest absolute Gasteiger partial charge is 0.220 e. The van der Waals surface area contributed by atoms with Gasteiger partial charge in [0.25, 0.3) is 0 Å². The van der Waals surface area contributed by atoms with Gasteiger partial charge in [-0.15, -0.1) is 6.58 Å². The second-order valence-electron chi connectivity index (χ2n) is 5.44. The van der Waals surface area contributed by atoms with Crippen LogP contribution in [0.1, 0.15) is 12.1 Å². The number of carbonyl (C=O) groups excluding carboxylic acids is 1. The first-order valence-corrected chi connectivity index (χ1v) is 8.58. The van der Waals surface area contributed by atoms with Gasteiger partial charge in [0.2, 0.25) is 5.91 Å². The van der Waals surface area contributed by atoms with Crippen LogP contribution in [0.2, 0.25) is 0 Å². The Labute approximate surface area is 149 Å². The van der Waals surface area contributed by atoms with Crippen LogP contribution in [-0.2, 0) is 11.2 Å². The molecule has 0 aliphatic heterocycles. The number of fused-ring (bicyclic) bond motifs is 1. The zero-order valence-corrected chi connectivity index (χ0v) is 14.8. The number of hydrogen-bond donors (Lipinski definition) is 1. The van der Waals surface area contributed by atoms with Crippen LogP contribution in [0, 0.1) is 0 Å². The van der Waals surface area contributed by atoms with E-state index in [2.05, 4.69) is 32.2 Å². The summed E-state index contributed by atoms with van der Waals surface area (Å²) in [6.45, 7) is 4.10. The van der Waals surface area contributed by atoms with Gasteiger partial charge in [0.05, 0.1) is 11.4 Å². The lowest BCUT2D eigenvalue weighted by Crippen LogP contribution is -2.23. The van der Waals surface area contributed by atoms with Gasteiger partial charge >= 0.3 is 0 Å². The molecule has 1 amide bonds. The van der Waals surface area contributed by atoms with Crippen LogP contribution >= 0.6 is 15.9 Å². The number of imidazole rings is 1. The van der Waals surface area contributed by atoms with Gasteiger partial charge in [-0.05, 0) is 30.7 Å². The molecule has 0 saturated carbocycles. The molecule has 0 fully saturated rings. The summed E-state index contributed by atoms with van der Waals surface area (Å²) in [6.07, 6.45) is 4.71. The van der Waals surface area contributed by atoms with Crippen LogP contribution < -0.4 is 5.32 Å². The Balaban J connectivity index is 1.94. The molecule has 0 atom stereocenters. The van der Waals surface area contributed by atoms with Crippen LogP contribution in [0.5, 0.6) is 0 Å². The van der Waals surface area contributed by atoms with Crippen LogP contribution in [0.15, 0.2) is 65.8 Å². The highest BCUT2D eigenvalue weighted by atomic mass is 79.9. The van der Waals surface area contributed by atoms with Crippen molar-refractivity contribution >= 4 is 27.5 Å². The monoisotopic (exact) mass is 383 g/mol. The Kier molecular flexibility index (Phi) is 5.11. The van der Waals surface area contributed by atoms with E-state index in [0.29, 0.717) is 19.4 Å². The van der Waals surface area contributed by atoms with E-state index in [9.17, 15) is 4.79 Å². The average molecular weight is 384 g/mol. The standard InChI is InChI=1S/C19H18BrN3O/c1-2-12-21-18(24)11-10-16-19(14-6-8-15(20)9-7-14)22-17-5-3-4-13-23(16)17/h2-9,13H,1,10-12H2,(H,21,24). The lowest BCUT2D eigenvalue weighted by molar-refractivity contribution is -0.120. The highest BCUT2D eigenvalue weighted by molar-refractivity contribution is 9.10. The second kappa shape index (κ2) is 7.45. The summed E-state index contributed by atoms with van der Waals surface area (Å²) in [4.78, 5) is 16.7. The maximum absolute atomic E-state index is 11.9. The first-order valence-electron chi connectivity index (χ1n) is 7.78. The zero-order valence-electron chi connectivity index (χ0n) is 13.2. The molecule has 1 aromatic carbocycles. The minimum atomic E-state index is 0.0162. The SMILES string of the molecule is C=CCNC(=O)CCc1c(-c2ccc(Br)cc2)nc2ccccn12. The molecule has 4 nitrogen and oxygen atoms in total. The number of amides is 1. The molecule has 0 spiro atoms. The molecule has 0 aliphatic rings. The molecule has 0 aliphatic carbocycles. The number of hydrogen-bond acceptors (Lipinski definition) is 2. The number of pyridine rings is 1. The average Bonchev–Trinajstić information content (AvgIpc) is 2.97. The lowest BCUT2D eigenvalue weighted by Gasteiger charge is -2.06. The maximum atomic E-state index is 11.9. The Bertz CT molecular complexity index is 868. The summed E-state index contributed by atoms with van der Waals surface area (Å²) in [5, 5.41) is 2.82. The topological polar surface area (TPSA) is 46.4 Å². The third kappa shape index (κ3) is 3.57. The summed E-state index contributed by atoms with van der Waals surface area (Å²) >= 11 is 3.46. The van der Waals surface area contributed by atoms with E-state index in [1.54, 1.807) is 6.08 Å². The molecule has 2 aromatic heterocycles. The summed E-state index contributed by atoms with van der Waals surface area (Å²) in [7, 11) is 0. The van der Waals surface area contributed by atoms with E-state index < -0.39 is 0 Å². The van der Waals surface area contributed by atoms with E-state index in [1.807, 2.05) is 48.7 Å². The van der Waals surface area contributed by atoms with Gasteiger partial charge < -0.3 is 9.72 Å². The molecule has 0 radical (unpaired) electrons. The molecular formula is C19H18BrN3O. The van der Waals surface area contributed by atoms with Crippen molar-refractivity contribution in [1.82, 2.24) is 14.7 Å². The van der Waals surface area contributed by atoms with Crippen LogP contribution in [0.3, 0.4) is 0 Å². The fourth-order valence-electron chi connectivity index (χ4n) is 2.63. The lowest BCUT2D eigenvalue weighted by atomic mass is 10.1. The third-order valence-corrected chi connectivity index (χ3v) is 4.31. The third-order valence-electron chi connectivity index (χ3n) is 3.78. The number of aromatic nitrogens is 2. The Morgan fingerprint density at radius 3 is 2.79 bits per heavy atom. The Hall–Kier alpha value is -2.40. The summed E-state index contributed by atoms with van der Waals surface area (Å²) in [6, 6.07) is 14.0. The second-order valence-corrected chi connectivity index (χ2v) is 6.35. The number of halogens is 1. The minimum absolute atomic E-state index is 0.0162. The van der Waals surface area contributed by atoms with Gasteiger partial charge in [-0.1, -0.05) is 40.2 Å². The number of aryl methyl sites for hydroxylation is 1. The molecule has 3 rings (SSSR count). The normalized spacial score (nSPS) is 10.7. The fraction of sp³-hybridized carbons (Fsp3) is 0.158. The molecule has 0 saturated heterocycles. The predicted octanol–water partition coefficient (Wildman–Crippen LogP) is 4.00. The molecular weight excluding hydrogens is 366 g/mol. The van der Waals surface area contributed by atoms with Crippen molar-refractivity contribution in [3.05, 3.63) is 71.5 Å². The maximum Gasteiger partial charge on any atom is 0.220 e. The van der Waals surface area contributed by atoms with Gasteiger partial charge in [0.15, 0.2) is 0 Å². The van der Waals surface area contributed by atoms with Crippen molar-refractivity contribution in [2.75, 3.05) is 6.54 Å². The van der Waals surface area contributed by atoms with Crippen molar-refractivity contribution in [1.29, 1.82) is 0 Å². The largest absolute Gasteiger partial charge is 0.353 e. The van der Waals surface area contributed by atoms with E-state index in [1.165, 1.54) is 0 Å². The molecule has 5 heteroatoms. The van der Waals surface area contributed by atoms with Gasteiger partial charge in [-0.2, -0.15) is 0 Å². The van der Waals surface area contributed by atoms with E-state index in [-0.39, 0.29) is 5.91 Å². The number of rotatable bonds is 6. The Morgan fingerprint density at radius 1 is 1.25 bits per heavy atom. The van der Waals surface area contributed by atoms with Crippen LogP contribution in [0.25, 0.3) is 16.9 Å². The van der Waals surface area contributed by atoms with Gasteiger partial charge in [0, 0.05) is 29.2 Å². The van der Waals surface area contributed by atoms with Crippen molar-refractivity contribution in [3.8, 4) is 11.3 Å². The highest BCUT2D eigenvalue weighted by Gasteiger charge is 2.15. The molecule has 0 bridgehead atoms. The van der Waals surface area contributed by atoms with Crippen molar-refractivity contribution in [2.24, 2.45) is 0 Å². The van der Waals surface area contributed by atoms with E-state index >= 15 is 0 Å². The van der Waals surface area contributed by atoms with Crippen LogP contribution in [-0.4, -0.2) is 21.8 Å². The van der Waals surface area contributed by atoms with Crippen molar-refractivity contribution < 1.29 is 4.79 Å². The number of nitrogens with one attached hydrogen (secondary N) is 1. The summed E-state index contributed by atoms with van der Waals surface area (Å²) < 4.78 is 3.08. The first kappa shape index (κ1) is 16.5. The van der Waals surface area contributed by atoms with E-state index in [4.69, 9.17) is 4.98 Å². The molecule has 3 aromatic rings. The van der Waals surface area contributed by atoms with Crippen molar-refractivity contribution in [2.45, 2.75) is 12.8 Å². The number of carbonyl (C=O) groups is 1. The Morgan fingerprint density at radius 2 is 2.04 bits per heavy atom. The quantitative estimate of drug-likeness (QED) is 0.653. The fourth-order valence-corrected chi connectivity index (χ4v) is 2.90. The van der Waals surface area contributed by atoms with Crippen LogP contribution in [0.4, 0.5) is 0 Å². The molecule has 0 unspecified atom stereocenters. The number of benzene rings is 1. The predicted molar refractivity (Wildman–Crippen MR) is 99.9 cm³/mol. The molecule has 24 heavy (non-hydrogen) atoms. The van der Waals surface area contributed by atoms with Gasteiger partial charge in [-0.25, -0.2) is 4.98 Å². The highest BCUT2D eigenvalue weighted by Crippen LogP contribution is 2.26. The molecule has 2 heterocycles. The van der Waals surface area contributed by atoms with E-state index in [0.717, 1.165) is 27.1 Å². The molecule has 122 valence electrons. The first-order chi connectivity index (χ1) is 11.7.